The van der Waals surface area contributed by atoms with Crippen LogP contribution in [0.25, 0.3) is 11.4 Å². The number of H-pyrrole nitrogens is 1. The number of rotatable bonds is 1. The lowest BCUT2D eigenvalue weighted by Gasteiger charge is -2.00. The molecule has 1 aromatic carbocycles. The van der Waals surface area contributed by atoms with E-state index in [0.717, 1.165) is 12.1 Å². The molecule has 0 saturated carbocycles. The van der Waals surface area contributed by atoms with Crippen molar-refractivity contribution in [1.82, 2.24) is 10.1 Å². The molecular weight excluding hydrogens is 208 g/mol. The van der Waals surface area contributed by atoms with Gasteiger partial charge < -0.3 is 5.73 Å². The van der Waals surface area contributed by atoms with E-state index in [1.54, 1.807) is 0 Å². The third-order valence-electron chi connectivity index (χ3n) is 1.78. The van der Waals surface area contributed by atoms with Gasteiger partial charge in [0.1, 0.15) is 11.6 Å². The smallest absolute Gasteiger partial charge is 0.396 e. The third-order valence-corrected chi connectivity index (χ3v) is 1.78. The van der Waals surface area contributed by atoms with E-state index >= 15 is 0 Å². The van der Waals surface area contributed by atoms with Crippen LogP contribution < -0.4 is 11.5 Å². The zero-order valence-corrected chi connectivity index (χ0v) is 7.25. The first-order valence-corrected chi connectivity index (χ1v) is 3.89. The Morgan fingerprint density at radius 3 is 2.67 bits per heavy atom. The fourth-order valence-electron chi connectivity index (χ4n) is 1.09. The highest BCUT2D eigenvalue weighted by Gasteiger charge is 2.13. The maximum atomic E-state index is 13.3. The topological polar surface area (TPSA) is 84.9 Å². The van der Waals surface area contributed by atoms with Gasteiger partial charge in [-0.05, 0) is 6.07 Å². The molecule has 0 aliphatic heterocycles. The van der Waals surface area contributed by atoms with Crippen LogP contribution in [0.4, 0.5) is 14.5 Å². The van der Waals surface area contributed by atoms with Crippen molar-refractivity contribution in [1.29, 1.82) is 0 Å². The largest absolute Gasteiger partial charge is 0.439 e. The van der Waals surface area contributed by atoms with Gasteiger partial charge in [0.2, 0.25) is 0 Å². The Morgan fingerprint density at radius 1 is 1.33 bits per heavy atom. The fraction of sp³-hybridized carbons (Fsp3) is 0. The zero-order chi connectivity index (χ0) is 11.0. The minimum Gasteiger partial charge on any atom is -0.396 e. The summed E-state index contributed by atoms with van der Waals surface area (Å²) in [7, 11) is 0. The normalized spacial score (nSPS) is 10.5. The molecule has 2 aromatic rings. The number of benzene rings is 1. The molecule has 7 heteroatoms. The summed E-state index contributed by atoms with van der Waals surface area (Å²) in [4.78, 5) is 12.7. The van der Waals surface area contributed by atoms with Crippen molar-refractivity contribution in [2.45, 2.75) is 0 Å². The third kappa shape index (κ3) is 1.58. The van der Waals surface area contributed by atoms with Crippen LogP contribution in [0.1, 0.15) is 0 Å². The molecule has 0 radical (unpaired) electrons. The van der Waals surface area contributed by atoms with E-state index in [9.17, 15) is 13.6 Å². The lowest BCUT2D eigenvalue weighted by Crippen LogP contribution is -1.98. The summed E-state index contributed by atoms with van der Waals surface area (Å²) in [5.74, 6) is -2.62. The van der Waals surface area contributed by atoms with Gasteiger partial charge in [-0.1, -0.05) is 5.16 Å². The van der Waals surface area contributed by atoms with E-state index in [1.165, 1.54) is 0 Å². The van der Waals surface area contributed by atoms with E-state index in [2.05, 4.69) is 14.7 Å². The highest BCUT2D eigenvalue weighted by atomic mass is 19.1. The molecule has 0 atom stereocenters. The van der Waals surface area contributed by atoms with Gasteiger partial charge in [0, 0.05) is 6.07 Å². The Morgan fingerprint density at radius 2 is 2.07 bits per heavy atom. The van der Waals surface area contributed by atoms with Crippen molar-refractivity contribution in [3.05, 3.63) is 34.3 Å². The van der Waals surface area contributed by atoms with Crippen LogP contribution in [-0.2, 0) is 0 Å². The Balaban J connectivity index is 2.63. The maximum Gasteiger partial charge on any atom is 0.439 e. The molecule has 0 spiro atoms. The predicted octanol–water partition coefficient (Wildman–Crippen LogP) is 0.890. The van der Waals surface area contributed by atoms with Gasteiger partial charge in [-0.3, -0.25) is 9.51 Å². The number of halogens is 2. The second-order valence-corrected chi connectivity index (χ2v) is 2.80. The van der Waals surface area contributed by atoms with Crippen molar-refractivity contribution in [2.24, 2.45) is 0 Å². The van der Waals surface area contributed by atoms with Gasteiger partial charge in [-0.15, -0.1) is 0 Å². The Hall–Kier alpha value is -2.18. The van der Waals surface area contributed by atoms with Crippen molar-refractivity contribution < 1.29 is 13.3 Å². The van der Waals surface area contributed by atoms with Gasteiger partial charge in [-0.25, -0.2) is 13.6 Å². The predicted molar refractivity (Wildman–Crippen MR) is 46.9 cm³/mol. The number of nitrogens with zero attached hydrogens (tertiary/aromatic N) is 1. The van der Waals surface area contributed by atoms with Crippen LogP contribution in [0.15, 0.2) is 21.5 Å². The van der Waals surface area contributed by atoms with Crippen LogP contribution in [0.5, 0.6) is 0 Å². The molecular formula is C8H5F2N3O2. The van der Waals surface area contributed by atoms with Gasteiger partial charge in [0.15, 0.2) is 5.82 Å². The average Bonchev–Trinajstić information content (AvgIpc) is 2.58. The van der Waals surface area contributed by atoms with E-state index in [0.29, 0.717) is 0 Å². The van der Waals surface area contributed by atoms with Crippen LogP contribution >= 0.6 is 0 Å². The van der Waals surface area contributed by atoms with Crippen LogP contribution in [0.3, 0.4) is 0 Å². The summed E-state index contributed by atoms with van der Waals surface area (Å²) < 4.78 is 30.4. The molecule has 3 N–H and O–H groups in total. The Bertz CT molecular complexity index is 561. The molecule has 0 saturated heterocycles. The van der Waals surface area contributed by atoms with Crippen LogP contribution in [-0.4, -0.2) is 10.1 Å². The number of hydrogen-bond donors (Lipinski definition) is 2. The molecule has 5 nitrogen and oxygen atoms in total. The molecule has 0 amide bonds. The number of nitrogen functional groups attached to an aromatic ring is 1. The molecule has 0 bridgehead atoms. The first-order chi connectivity index (χ1) is 7.08. The number of nitrogens with two attached hydrogens (primary N) is 1. The highest BCUT2D eigenvalue weighted by molar-refractivity contribution is 5.59. The van der Waals surface area contributed by atoms with Crippen molar-refractivity contribution in [3.63, 3.8) is 0 Å². The second kappa shape index (κ2) is 3.19. The molecule has 1 heterocycles. The number of aromatic amines is 1. The van der Waals surface area contributed by atoms with Gasteiger partial charge in [-0.2, -0.15) is 0 Å². The SMILES string of the molecule is Nc1cc(F)c(-c2noc(=O)[nH]2)cc1F. The molecule has 0 unspecified atom stereocenters. The number of nitrogens with one attached hydrogen (secondary N) is 1. The summed E-state index contributed by atoms with van der Waals surface area (Å²) in [5.41, 5.74) is 4.61. The first kappa shape index (κ1) is 9.38. The molecule has 1 aromatic heterocycles. The molecule has 0 aliphatic rings. The summed E-state index contributed by atoms with van der Waals surface area (Å²) in [6, 6.07) is 1.64. The van der Waals surface area contributed by atoms with E-state index in [4.69, 9.17) is 5.73 Å². The molecule has 0 aliphatic carbocycles. The standard InChI is InChI=1S/C8H5F2N3O2/c9-4-2-6(11)5(10)1-3(4)7-12-8(14)15-13-7/h1-2H,11H2,(H,12,13,14). The summed E-state index contributed by atoms with van der Waals surface area (Å²) in [5, 5.41) is 3.23. The van der Waals surface area contributed by atoms with Crippen molar-refractivity contribution >= 4 is 5.69 Å². The monoisotopic (exact) mass is 213 g/mol. The minimum absolute atomic E-state index is 0.184. The van der Waals surface area contributed by atoms with Crippen LogP contribution in [0.2, 0.25) is 0 Å². The second-order valence-electron chi connectivity index (χ2n) is 2.80. The van der Waals surface area contributed by atoms with Crippen molar-refractivity contribution in [3.8, 4) is 11.4 Å². The number of anilines is 1. The lowest BCUT2D eigenvalue weighted by atomic mass is 10.2. The van der Waals surface area contributed by atoms with Gasteiger partial charge >= 0.3 is 5.76 Å². The molecule has 2 rings (SSSR count). The summed E-state index contributed by atoms with van der Waals surface area (Å²) in [6.45, 7) is 0. The maximum absolute atomic E-state index is 13.3. The van der Waals surface area contributed by atoms with E-state index < -0.39 is 17.4 Å². The Kier molecular flexibility index (Phi) is 2.00. The first-order valence-electron chi connectivity index (χ1n) is 3.89. The highest BCUT2D eigenvalue weighted by Crippen LogP contribution is 2.23. The van der Waals surface area contributed by atoms with Gasteiger partial charge in [0.05, 0.1) is 11.3 Å². The van der Waals surface area contributed by atoms with Crippen molar-refractivity contribution in [2.75, 3.05) is 5.73 Å². The minimum atomic E-state index is -0.846. The quantitative estimate of drug-likeness (QED) is 0.689. The number of aromatic nitrogens is 2. The fourth-order valence-corrected chi connectivity index (χ4v) is 1.09. The summed E-state index contributed by atoms with van der Waals surface area (Å²) in [6.07, 6.45) is 0. The van der Waals surface area contributed by atoms with Gasteiger partial charge in [0.25, 0.3) is 0 Å². The van der Waals surface area contributed by atoms with Crippen LogP contribution in [0, 0.1) is 11.6 Å². The number of hydrogen-bond acceptors (Lipinski definition) is 4. The molecule has 78 valence electrons. The van der Waals surface area contributed by atoms with E-state index in [1.807, 2.05) is 0 Å². The molecule has 0 fully saturated rings. The summed E-state index contributed by atoms with van der Waals surface area (Å²) >= 11 is 0. The lowest BCUT2D eigenvalue weighted by molar-refractivity contribution is 0.387. The zero-order valence-electron chi connectivity index (χ0n) is 7.25. The average molecular weight is 213 g/mol. The Labute approximate surface area is 81.5 Å². The van der Waals surface area contributed by atoms with E-state index in [-0.39, 0.29) is 17.1 Å². The molecule has 15 heavy (non-hydrogen) atoms.